The molecule has 0 saturated heterocycles. The number of hydrogen-bond acceptors (Lipinski definition) is 6. The summed E-state index contributed by atoms with van der Waals surface area (Å²) in [5.41, 5.74) is 0.900. The molecule has 0 aliphatic carbocycles. The first-order valence-corrected chi connectivity index (χ1v) is 15.9. The van der Waals surface area contributed by atoms with Gasteiger partial charge in [-0.15, -0.1) is 0 Å². The van der Waals surface area contributed by atoms with Crippen molar-refractivity contribution in [1.29, 1.82) is 0 Å². The zero-order valence-corrected chi connectivity index (χ0v) is 27.4. The van der Waals surface area contributed by atoms with Gasteiger partial charge in [-0.3, -0.25) is 9.69 Å². The number of ether oxygens (including phenoxy) is 2. The van der Waals surface area contributed by atoms with Crippen LogP contribution in [0.4, 0.5) is 29.3 Å². The Labute approximate surface area is 283 Å². The molecule has 0 unspecified atom stereocenters. The van der Waals surface area contributed by atoms with Crippen molar-refractivity contribution in [2.75, 3.05) is 37.4 Å². The quantitative estimate of drug-likeness (QED) is 0.161. The molecular weight excluding hydrogens is 637 g/mol. The fourth-order valence-corrected chi connectivity index (χ4v) is 5.53. The highest BCUT2D eigenvalue weighted by molar-refractivity contribution is 6.02. The first-order valence-electron chi connectivity index (χ1n) is 15.9. The smallest absolute Gasteiger partial charge is 0.416 e. The van der Waals surface area contributed by atoms with Crippen LogP contribution in [0, 0.1) is 5.92 Å². The molecule has 49 heavy (non-hydrogen) atoms. The molecule has 12 heteroatoms. The van der Waals surface area contributed by atoms with Crippen LogP contribution in [0.15, 0.2) is 97.1 Å². The van der Waals surface area contributed by atoms with E-state index in [1.165, 1.54) is 6.07 Å². The Hall–Kier alpha value is -5.07. The van der Waals surface area contributed by atoms with Crippen molar-refractivity contribution < 1.29 is 37.3 Å². The predicted octanol–water partition coefficient (Wildman–Crippen LogP) is 7.49. The number of para-hydroxylation sites is 1. The number of nitrogens with one attached hydrogen (secondary N) is 2. The fraction of sp³-hybridized carbons (Fsp3) is 0.297. The summed E-state index contributed by atoms with van der Waals surface area (Å²) in [6.07, 6.45) is -4.82. The molecule has 0 saturated carbocycles. The van der Waals surface area contributed by atoms with Gasteiger partial charge in [0.2, 0.25) is 0 Å². The predicted molar refractivity (Wildman–Crippen MR) is 181 cm³/mol. The lowest BCUT2D eigenvalue weighted by Gasteiger charge is -2.38. The van der Waals surface area contributed by atoms with Crippen LogP contribution in [-0.2, 0) is 12.7 Å². The van der Waals surface area contributed by atoms with E-state index in [1.54, 1.807) is 24.0 Å². The standard InChI is InChI=1S/C37H39F3N4O5/c1-24-20-44(25(2)23-45)35(46)32-19-29(42-36(47)41-28-13-11-27(12-14-28)37(38,39)40)15-18-33(32)49-34(24)22-43(3)21-26-9-16-31(17-10-26)48-30-7-5-4-6-8-30/h4-19,24-25,34,45H,20-23H2,1-3H3,(H2,41,42,47)/t24-,25+,34+/m0/s1. The lowest BCUT2D eigenvalue weighted by molar-refractivity contribution is -0.137. The monoisotopic (exact) mass is 676 g/mol. The van der Waals surface area contributed by atoms with E-state index in [1.807, 2.05) is 68.6 Å². The number of urea groups is 1. The number of nitrogens with zero attached hydrogens (tertiary/aromatic N) is 2. The summed E-state index contributed by atoms with van der Waals surface area (Å²) < 4.78 is 51.1. The Kier molecular flexibility index (Phi) is 11.1. The van der Waals surface area contributed by atoms with Gasteiger partial charge in [-0.2, -0.15) is 13.2 Å². The van der Waals surface area contributed by atoms with Crippen LogP contribution < -0.4 is 20.1 Å². The first kappa shape index (κ1) is 35.2. The Morgan fingerprint density at radius 2 is 1.61 bits per heavy atom. The van der Waals surface area contributed by atoms with Gasteiger partial charge in [0.25, 0.3) is 5.91 Å². The number of aliphatic hydroxyl groups is 1. The van der Waals surface area contributed by atoms with E-state index in [-0.39, 0.29) is 41.5 Å². The van der Waals surface area contributed by atoms with Crippen LogP contribution in [0.25, 0.3) is 0 Å². The van der Waals surface area contributed by atoms with E-state index in [0.717, 1.165) is 41.3 Å². The second-order valence-electron chi connectivity index (χ2n) is 12.2. The highest BCUT2D eigenvalue weighted by Crippen LogP contribution is 2.32. The molecule has 9 nitrogen and oxygen atoms in total. The Morgan fingerprint density at radius 1 is 0.980 bits per heavy atom. The molecule has 4 aromatic carbocycles. The van der Waals surface area contributed by atoms with Crippen molar-refractivity contribution >= 4 is 23.3 Å². The second-order valence-corrected chi connectivity index (χ2v) is 12.2. The highest BCUT2D eigenvalue weighted by Gasteiger charge is 2.34. The van der Waals surface area contributed by atoms with Crippen molar-refractivity contribution in [3.05, 3.63) is 114 Å². The van der Waals surface area contributed by atoms with Gasteiger partial charge in [-0.1, -0.05) is 37.3 Å². The van der Waals surface area contributed by atoms with Crippen LogP contribution in [0.3, 0.4) is 0 Å². The summed E-state index contributed by atoms with van der Waals surface area (Å²) >= 11 is 0. The number of alkyl halides is 3. The maximum atomic E-state index is 13.8. The molecule has 0 aromatic heterocycles. The number of fused-ring (bicyclic) bond motifs is 1. The van der Waals surface area contributed by atoms with E-state index < -0.39 is 23.8 Å². The van der Waals surface area contributed by atoms with Crippen molar-refractivity contribution in [3.63, 3.8) is 0 Å². The minimum absolute atomic E-state index is 0.0949. The summed E-state index contributed by atoms with van der Waals surface area (Å²) in [6.45, 7) is 5.03. The number of anilines is 2. The average Bonchev–Trinajstić information content (AvgIpc) is 3.07. The Balaban J connectivity index is 1.28. The largest absolute Gasteiger partial charge is 0.488 e. The molecule has 5 rings (SSSR count). The molecule has 1 aliphatic heterocycles. The van der Waals surface area contributed by atoms with Gasteiger partial charge < -0.3 is 30.1 Å². The number of aliphatic hydroxyl groups excluding tert-OH is 1. The highest BCUT2D eigenvalue weighted by atomic mass is 19.4. The lowest BCUT2D eigenvalue weighted by Crippen LogP contribution is -2.49. The van der Waals surface area contributed by atoms with Crippen LogP contribution in [0.1, 0.15) is 35.3 Å². The molecule has 3 N–H and O–H groups in total. The van der Waals surface area contributed by atoms with Crippen molar-refractivity contribution in [2.45, 2.75) is 38.7 Å². The number of carbonyl (C=O) groups excluding carboxylic acids is 2. The summed E-state index contributed by atoms with van der Waals surface area (Å²) in [5, 5.41) is 15.1. The number of rotatable bonds is 10. The number of likely N-dealkylation sites (N-methyl/N-ethyl adjacent to an activating group) is 1. The van der Waals surface area contributed by atoms with Gasteiger partial charge in [-0.25, -0.2) is 4.79 Å². The maximum Gasteiger partial charge on any atom is 0.416 e. The molecule has 1 heterocycles. The molecule has 258 valence electrons. The van der Waals surface area contributed by atoms with Crippen molar-refractivity contribution in [1.82, 2.24) is 9.80 Å². The second kappa shape index (κ2) is 15.4. The fourth-order valence-electron chi connectivity index (χ4n) is 5.53. The average molecular weight is 677 g/mol. The topological polar surface area (TPSA) is 103 Å². The molecule has 0 fully saturated rings. The van der Waals surface area contributed by atoms with Crippen LogP contribution in [0.5, 0.6) is 17.2 Å². The lowest BCUT2D eigenvalue weighted by atomic mass is 9.99. The van der Waals surface area contributed by atoms with E-state index >= 15 is 0 Å². The summed E-state index contributed by atoms with van der Waals surface area (Å²) in [6, 6.07) is 25.0. The first-order chi connectivity index (χ1) is 23.4. The molecule has 1 aliphatic rings. The third-order valence-electron chi connectivity index (χ3n) is 8.24. The summed E-state index contributed by atoms with van der Waals surface area (Å²) in [4.78, 5) is 30.2. The number of carbonyl (C=O) groups is 2. The normalized spacial score (nSPS) is 17.0. The van der Waals surface area contributed by atoms with Gasteiger partial charge in [0, 0.05) is 36.9 Å². The maximum absolute atomic E-state index is 13.8. The molecule has 0 bridgehead atoms. The van der Waals surface area contributed by atoms with Gasteiger partial charge >= 0.3 is 12.2 Å². The number of benzene rings is 4. The van der Waals surface area contributed by atoms with Crippen molar-refractivity contribution in [3.8, 4) is 17.2 Å². The van der Waals surface area contributed by atoms with Gasteiger partial charge in [0.1, 0.15) is 23.4 Å². The molecule has 0 radical (unpaired) electrons. The number of amides is 3. The zero-order valence-electron chi connectivity index (χ0n) is 27.4. The van der Waals surface area contributed by atoms with Crippen LogP contribution in [-0.4, -0.2) is 65.7 Å². The molecule has 0 spiro atoms. The van der Waals surface area contributed by atoms with Crippen LogP contribution >= 0.6 is 0 Å². The van der Waals surface area contributed by atoms with Gasteiger partial charge in [0.15, 0.2) is 0 Å². The Morgan fingerprint density at radius 3 is 2.27 bits per heavy atom. The van der Waals surface area contributed by atoms with Crippen LogP contribution in [0.2, 0.25) is 0 Å². The molecular formula is C37H39F3N4O5. The third-order valence-corrected chi connectivity index (χ3v) is 8.24. The van der Waals surface area contributed by atoms with E-state index in [4.69, 9.17) is 9.47 Å². The van der Waals surface area contributed by atoms with E-state index in [9.17, 15) is 27.9 Å². The number of hydrogen-bond donors (Lipinski definition) is 3. The summed E-state index contributed by atoms with van der Waals surface area (Å²) in [7, 11) is 1.99. The third kappa shape index (κ3) is 9.30. The summed E-state index contributed by atoms with van der Waals surface area (Å²) in [5.74, 6) is 1.37. The zero-order chi connectivity index (χ0) is 35.1. The Bertz CT molecular complexity index is 1720. The minimum Gasteiger partial charge on any atom is -0.488 e. The molecule has 3 amide bonds. The minimum atomic E-state index is -4.49. The molecule has 4 aromatic rings. The van der Waals surface area contributed by atoms with E-state index in [2.05, 4.69) is 15.5 Å². The SMILES string of the molecule is C[C@H](CO)N1C[C@H](C)[C@@H](CN(C)Cc2ccc(Oc3ccccc3)cc2)Oc2ccc(NC(=O)Nc3ccc(C(F)(F)F)cc3)cc2C1=O. The van der Waals surface area contributed by atoms with Gasteiger partial charge in [0.05, 0.1) is 23.8 Å². The molecule has 3 atom stereocenters. The number of halogens is 3. The van der Waals surface area contributed by atoms with E-state index in [0.29, 0.717) is 25.4 Å². The van der Waals surface area contributed by atoms with Crippen molar-refractivity contribution in [2.24, 2.45) is 5.92 Å². The van der Waals surface area contributed by atoms with Gasteiger partial charge in [-0.05, 0) is 86.3 Å².